The second kappa shape index (κ2) is 8.11. The van der Waals surface area contributed by atoms with Gasteiger partial charge in [-0.25, -0.2) is 15.0 Å². The number of alkyl halides is 3. The summed E-state index contributed by atoms with van der Waals surface area (Å²) in [6.07, 6.45) is 7.77. The van der Waals surface area contributed by atoms with Gasteiger partial charge in [-0.05, 0) is 67.1 Å². The van der Waals surface area contributed by atoms with E-state index in [-0.39, 0.29) is 28.3 Å². The van der Waals surface area contributed by atoms with E-state index in [0.717, 1.165) is 62.8 Å². The van der Waals surface area contributed by atoms with E-state index in [9.17, 15) is 18.0 Å². The van der Waals surface area contributed by atoms with E-state index in [1.165, 1.54) is 16.7 Å². The molecule has 3 fully saturated rings. The zero-order valence-electron chi connectivity index (χ0n) is 21.7. The first-order valence-electron chi connectivity index (χ1n) is 13.8. The standard InChI is InChI=1S/C28H27F3N8O/c29-28(30,31)18-2-1-9-39-20(14-33-24(18)39)19-5-8-32-22(35-19)13-27-12-21(27)26(27)6-3-17(4-7-26)25(40)37-10-11-38-16-34-36-23(38)15-37/h1-2,5,8-9,14,16-17,21H,3-4,6-7,10-13,15H2/t17?,21?,26?,27-/m1/s1. The predicted octanol–water partition coefficient (Wildman–Crippen LogP) is 4.18. The molecule has 3 aliphatic carbocycles. The van der Waals surface area contributed by atoms with E-state index in [2.05, 4.69) is 20.2 Å². The molecule has 3 saturated carbocycles. The van der Waals surface area contributed by atoms with Crippen molar-refractivity contribution in [2.24, 2.45) is 22.7 Å². The first-order valence-corrected chi connectivity index (χ1v) is 13.8. The largest absolute Gasteiger partial charge is 0.419 e. The fourth-order valence-corrected chi connectivity index (χ4v) is 7.85. The lowest BCUT2D eigenvalue weighted by atomic mass is 9.70. The lowest BCUT2D eigenvalue weighted by molar-refractivity contribution is -0.139. The number of fused-ring (bicyclic) bond motifs is 5. The minimum Gasteiger partial charge on any atom is -0.333 e. The third-order valence-corrected chi connectivity index (χ3v) is 10.1. The lowest BCUT2D eigenvalue weighted by Gasteiger charge is -2.37. The minimum atomic E-state index is -4.49. The van der Waals surface area contributed by atoms with Crippen LogP contribution in [0.2, 0.25) is 0 Å². The zero-order chi connectivity index (χ0) is 27.3. The average Bonchev–Trinajstić information content (AvgIpc) is 3.56. The van der Waals surface area contributed by atoms with Gasteiger partial charge in [-0.3, -0.25) is 9.20 Å². The molecule has 0 saturated heterocycles. The van der Waals surface area contributed by atoms with Gasteiger partial charge in [-0.2, -0.15) is 13.2 Å². The van der Waals surface area contributed by atoms with Crippen molar-refractivity contribution in [3.63, 3.8) is 0 Å². The van der Waals surface area contributed by atoms with Gasteiger partial charge in [-0.15, -0.1) is 10.2 Å². The SMILES string of the molecule is O=C(C1CCC2(CC1)C1C[C@@]12Cc1nccc(-c2cnc3c(C(F)(F)F)cccn23)n1)N1CCn2cnnc2C1. The number of rotatable bonds is 4. The Balaban J connectivity index is 0.960. The number of aromatic nitrogens is 7. The van der Waals surface area contributed by atoms with Crippen LogP contribution in [0.5, 0.6) is 0 Å². The van der Waals surface area contributed by atoms with Crippen molar-refractivity contribution < 1.29 is 18.0 Å². The number of pyridine rings is 1. The second-order valence-electron chi connectivity index (χ2n) is 11.8. The van der Waals surface area contributed by atoms with E-state index in [0.29, 0.717) is 30.4 Å². The number of halogens is 3. The molecular formula is C28H27F3N8O. The van der Waals surface area contributed by atoms with Gasteiger partial charge in [-0.1, -0.05) is 0 Å². The van der Waals surface area contributed by atoms with Crippen LogP contribution in [-0.4, -0.2) is 51.5 Å². The van der Waals surface area contributed by atoms with Gasteiger partial charge >= 0.3 is 6.18 Å². The number of hydrogen-bond donors (Lipinski definition) is 0. The fraction of sp³-hybridized carbons (Fsp3) is 0.500. The maximum atomic E-state index is 13.5. The molecule has 0 radical (unpaired) electrons. The van der Waals surface area contributed by atoms with Crippen LogP contribution in [0, 0.1) is 22.7 Å². The van der Waals surface area contributed by atoms with Crippen molar-refractivity contribution in [2.45, 2.75) is 57.8 Å². The second-order valence-corrected chi connectivity index (χ2v) is 11.8. The van der Waals surface area contributed by atoms with Gasteiger partial charge in [0, 0.05) is 37.8 Å². The van der Waals surface area contributed by atoms with Crippen molar-refractivity contribution in [1.82, 2.24) is 39.0 Å². The topological polar surface area (TPSA) is 94.1 Å². The van der Waals surface area contributed by atoms with Gasteiger partial charge in [0.05, 0.1) is 29.7 Å². The summed E-state index contributed by atoms with van der Waals surface area (Å²) in [6, 6.07) is 4.14. The van der Waals surface area contributed by atoms with Crippen LogP contribution >= 0.6 is 0 Å². The number of nitrogens with zero attached hydrogens (tertiary/aromatic N) is 8. The summed E-state index contributed by atoms with van der Waals surface area (Å²) in [5, 5.41) is 8.10. The van der Waals surface area contributed by atoms with Gasteiger partial charge in [0.15, 0.2) is 5.82 Å². The Kier molecular flexibility index (Phi) is 4.87. The molecule has 206 valence electrons. The molecule has 4 aliphatic rings. The summed E-state index contributed by atoms with van der Waals surface area (Å²) in [6.45, 7) is 1.98. The van der Waals surface area contributed by atoms with Crippen molar-refractivity contribution in [1.29, 1.82) is 0 Å². The highest BCUT2D eigenvalue weighted by atomic mass is 19.4. The molecule has 2 atom stereocenters. The molecule has 0 bridgehead atoms. The molecule has 9 nitrogen and oxygen atoms in total. The number of carbonyl (C=O) groups excluding carboxylic acids is 1. The normalized spacial score (nSPS) is 28.9. The Labute approximate surface area is 227 Å². The highest BCUT2D eigenvalue weighted by Gasteiger charge is 2.87. The molecule has 12 heteroatoms. The highest BCUT2D eigenvalue weighted by Crippen LogP contribution is 2.92. The lowest BCUT2D eigenvalue weighted by Crippen LogP contribution is -2.43. The Morgan fingerprint density at radius 2 is 1.98 bits per heavy atom. The van der Waals surface area contributed by atoms with E-state index in [1.807, 2.05) is 9.47 Å². The number of carbonyl (C=O) groups is 1. The number of amides is 1. The van der Waals surface area contributed by atoms with E-state index in [1.54, 1.807) is 24.8 Å². The molecule has 4 aromatic heterocycles. The maximum Gasteiger partial charge on any atom is 0.419 e. The average molecular weight is 549 g/mol. The summed E-state index contributed by atoms with van der Waals surface area (Å²) < 4.78 is 43.8. The van der Waals surface area contributed by atoms with Gasteiger partial charge in [0.1, 0.15) is 17.8 Å². The molecule has 0 N–H and O–H groups in total. The first kappa shape index (κ1) is 24.0. The first-order chi connectivity index (χ1) is 19.3. The van der Waals surface area contributed by atoms with Crippen LogP contribution in [0.25, 0.3) is 17.0 Å². The van der Waals surface area contributed by atoms with E-state index < -0.39 is 11.7 Å². The van der Waals surface area contributed by atoms with Crippen LogP contribution in [0.3, 0.4) is 0 Å². The van der Waals surface area contributed by atoms with Crippen LogP contribution in [-0.2, 0) is 30.5 Å². The molecule has 5 heterocycles. The summed E-state index contributed by atoms with van der Waals surface area (Å²) in [4.78, 5) is 28.6. The van der Waals surface area contributed by atoms with Crippen molar-refractivity contribution in [2.75, 3.05) is 6.54 Å². The van der Waals surface area contributed by atoms with Crippen LogP contribution < -0.4 is 0 Å². The molecule has 1 amide bonds. The Hall–Kier alpha value is -3.83. The number of imidazole rings is 1. The maximum absolute atomic E-state index is 13.5. The Morgan fingerprint density at radius 3 is 2.77 bits per heavy atom. The molecule has 4 aromatic rings. The smallest absolute Gasteiger partial charge is 0.333 e. The van der Waals surface area contributed by atoms with Crippen LogP contribution in [0.15, 0.2) is 43.1 Å². The predicted molar refractivity (Wildman–Crippen MR) is 135 cm³/mol. The summed E-state index contributed by atoms with van der Waals surface area (Å²) >= 11 is 0. The molecule has 1 spiro atoms. The monoisotopic (exact) mass is 548 g/mol. The molecule has 8 rings (SSSR count). The zero-order valence-corrected chi connectivity index (χ0v) is 21.7. The Bertz CT molecular complexity index is 1650. The molecule has 40 heavy (non-hydrogen) atoms. The Morgan fingerprint density at radius 1 is 1.12 bits per heavy atom. The summed E-state index contributed by atoms with van der Waals surface area (Å²) in [5.74, 6) is 2.52. The summed E-state index contributed by atoms with van der Waals surface area (Å²) in [5.41, 5.74) is 0.639. The van der Waals surface area contributed by atoms with Crippen molar-refractivity contribution in [3.05, 3.63) is 60.3 Å². The molecule has 1 aliphatic heterocycles. The highest BCUT2D eigenvalue weighted by molar-refractivity contribution is 5.79. The minimum absolute atomic E-state index is 0.0634. The third-order valence-electron chi connectivity index (χ3n) is 10.1. The number of hydrogen-bond acceptors (Lipinski definition) is 6. The van der Waals surface area contributed by atoms with Gasteiger partial charge in [0.2, 0.25) is 5.91 Å². The van der Waals surface area contributed by atoms with E-state index in [4.69, 9.17) is 4.98 Å². The van der Waals surface area contributed by atoms with Crippen molar-refractivity contribution in [3.8, 4) is 11.4 Å². The fourth-order valence-electron chi connectivity index (χ4n) is 7.85. The van der Waals surface area contributed by atoms with Crippen LogP contribution in [0.4, 0.5) is 13.2 Å². The van der Waals surface area contributed by atoms with E-state index >= 15 is 0 Å². The quantitative estimate of drug-likeness (QED) is 0.380. The van der Waals surface area contributed by atoms with Gasteiger partial charge < -0.3 is 9.47 Å². The van der Waals surface area contributed by atoms with Crippen molar-refractivity contribution >= 4 is 11.6 Å². The molecule has 1 unspecified atom stereocenters. The summed E-state index contributed by atoms with van der Waals surface area (Å²) in [7, 11) is 0. The third kappa shape index (κ3) is 3.40. The van der Waals surface area contributed by atoms with Gasteiger partial charge in [0.25, 0.3) is 0 Å². The van der Waals surface area contributed by atoms with Crippen LogP contribution in [0.1, 0.15) is 49.3 Å². The molecular weight excluding hydrogens is 521 g/mol. The molecule has 0 aromatic carbocycles.